The van der Waals surface area contributed by atoms with Gasteiger partial charge >= 0.3 is 0 Å². The summed E-state index contributed by atoms with van der Waals surface area (Å²) in [6.07, 6.45) is 2.59. The van der Waals surface area contributed by atoms with E-state index in [9.17, 15) is 19.5 Å². The summed E-state index contributed by atoms with van der Waals surface area (Å²) in [4.78, 5) is 36.5. The second kappa shape index (κ2) is 8.69. The van der Waals surface area contributed by atoms with Gasteiger partial charge in [-0.3, -0.25) is 9.59 Å². The van der Waals surface area contributed by atoms with E-state index in [0.29, 0.717) is 24.1 Å². The largest absolute Gasteiger partial charge is 0.550 e. The first-order valence-corrected chi connectivity index (χ1v) is 9.44. The van der Waals surface area contributed by atoms with Crippen molar-refractivity contribution in [2.45, 2.75) is 32.6 Å². The van der Waals surface area contributed by atoms with Crippen molar-refractivity contribution in [3.05, 3.63) is 59.7 Å². The molecule has 0 radical (unpaired) electrons. The van der Waals surface area contributed by atoms with Gasteiger partial charge in [-0.25, -0.2) is 0 Å². The van der Waals surface area contributed by atoms with Crippen LogP contribution in [-0.4, -0.2) is 17.8 Å². The molecule has 3 rings (SSSR count). The molecule has 2 N–H and O–H groups in total. The van der Waals surface area contributed by atoms with Gasteiger partial charge in [0.2, 0.25) is 5.91 Å². The molecule has 146 valence electrons. The molecule has 2 atom stereocenters. The third-order valence-electron chi connectivity index (χ3n) is 5.19. The zero-order chi connectivity index (χ0) is 20.1. The number of carboxylic acids is 1. The Hall–Kier alpha value is -3.15. The van der Waals surface area contributed by atoms with Gasteiger partial charge in [0, 0.05) is 34.7 Å². The Kier molecular flexibility index (Phi) is 6.09. The molecular weight excluding hydrogens is 356 g/mol. The number of carbonyl (C=O) groups is 3. The van der Waals surface area contributed by atoms with Crippen LogP contribution in [-0.2, 0) is 9.59 Å². The molecule has 0 saturated heterocycles. The third-order valence-corrected chi connectivity index (χ3v) is 5.19. The molecule has 2 amide bonds. The number of carbonyl (C=O) groups excluding carboxylic acids is 3. The molecule has 1 aliphatic rings. The maximum absolute atomic E-state index is 12.6. The number of carboxylic acid groups (broad SMARTS) is 1. The molecule has 0 spiro atoms. The van der Waals surface area contributed by atoms with E-state index in [0.717, 1.165) is 24.1 Å². The summed E-state index contributed by atoms with van der Waals surface area (Å²) in [6.45, 7) is 1.91. The van der Waals surface area contributed by atoms with Crippen molar-refractivity contribution in [1.29, 1.82) is 0 Å². The maximum atomic E-state index is 12.6. The molecule has 28 heavy (non-hydrogen) atoms. The van der Waals surface area contributed by atoms with E-state index in [1.807, 2.05) is 31.2 Å². The molecule has 6 heteroatoms. The van der Waals surface area contributed by atoms with Crippen molar-refractivity contribution in [2.24, 2.45) is 11.8 Å². The molecule has 6 nitrogen and oxygen atoms in total. The Labute approximate surface area is 164 Å². The molecule has 0 aromatic heterocycles. The highest BCUT2D eigenvalue weighted by molar-refractivity contribution is 6.05. The predicted molar refractivity (Wildman–Crippen MR) is 105 cm³/mol. The van der Waals surface area contributed by atoms with E-state index in [2.05, 4.69) is 10.6 Å². The van der Waals surface area contributed by atoms with Crippen molar-refractivity contribution in [2.75, 3.05) is 10.6 Å². The van der Waals surface area contributed by atoms with Gasteiger partial charge in [0.1, 0.15) is 0 Å². The van der Waals surface area contributed by atoms with Crippen LogP contribution in [0.2, 0.25) is 0 Å². The van der Waals surface area contributed by atoms with E-state index in [4.69, 9.17) is 0 Å². The first kappa shape index (κ1) is 19.6. The lowest BCUT2D eigenvalue weighted by Crippen LogP contribution is -2.42. The fourth-order valence-electron chi connectivity index (χ4n) is 3.61. The minimum atomic E-state index is -1.17. The third kappa shape index (κ3) is 4.57. The quantitative estimate of drug-likeness (QED) is 0.834. The topological polar surface area (TPSA) is 98.3 Å². The molecule has 0 heterocycles. The van der Waals surface area contributed by atoms with Crippen molar-refractivity contribution >= 4 is 29.2 Å². The van der Waals surface area contributed by atoms with Crippen molar-refractivity contribution in [3.8, 4) is 0 Å². The highest BCUT2D eigenvalue weighted by atomic mass is 16.4. The summed E-state index contributed by atoms with van der Waals surface area (Å²) in [5.74, 6) is -3.17. The predicted octanol–water partition coefficient (Wildman–Crippen LogP) is 2.74. The molecule has 1 aliphatic carbocycles. The molecule has 2 aromatic carbocycles. The first-order chi connectivity index (χ1) is 13.5. The van der Waals surface area contributed by atoms with Crippen LogP contribution >= 0.6 is 0 Å². The summed E-state index contributed by atoms with van der Waals surface area (Å²) in [7, 11) is 0. The highest BCUT2D eigenvalue weighted by Gasteiger charge is 2.31. The van der Waals surface area contributed by atoms with Crippen LogP contribution in [0.5, 0.6) is 0 Å². The maximum Gasteiger partial charge on any atom is 0.255 e. The monoisotopic (exact) mass is 379 g/mol. The van der Waals surface area contributed by atoms with E-state index in [-0.39, 0.29) is 11.8 Å². The van der Waals surface area contributed by atoms with Crippen molar-refractivity contribution in [1.82, 2.24) is 0 Å². The summed E-state index contributed by atoms with van der Waals surface area (Å²) in [5, 5.41) is 16.9. The molecule has 0 bridgehead atoms. The molecule has 1 saturated carbocycles. The smallest absolute Gasteiger partial charge is 0.255 e. The van der Waals surface area contributed by atoms with Crippen molar-refractivity contribution in [3.63, 3.8) is 0 Å². The second-order valence-corrected chi connectivity index (χ2v) is 7.16. The van der Waals surface area contributed by atoms with E-state index >= 15 is 0 Å². The van der Waals surface area contributed by atoms with Crippen LogP contribution < -0.4 is 15.7 Å². The molecule has 0 unspecified atom stereocenters. The van der Waals surface area contributed by atoms with Gasteiger partial charge < -0.3 is 20.5 Å². The van der Waals surface area contributed by atoms with Crippen LogP contribution in [0, 0.1) is 18.8 Å². The Morgan fingerprint density at radius 2 is 1.64 bits per heavy atom. The number of para-hydroxylation sites is 1. The van der Waals surface area contributed by atoms with Gasteiger partial charge in [-0.15, -0.1) is 0 Å². The number of hydrogen-bond acceptors (Lipinski definition) is 4. The van der Waals surface area contributed by atoms with Gasteiger partial charge in [-0.1, -0.05) is 37.1 Å². The zero-order valence-electron chi connectivity index (χ0n) is 15.7. The van der Waals surface area contributed by atoms with Crippen LogP contribution in [0.25, 0.3) is 0 Å². The second-order valence-electron chi connectivity index (χ2n) is 7.16. The van der Waals surface area contributed by atoms with Crippen LogP contribution in [0.15, 0.2) is 48.5 Å². The Morgan fingerprint density at radius 3 is 2.36 bits per heavy atom. The van der Waals surface area contributed by atoms with Crippen LogP contribution in [0.4, 0.5) is 11.4 Å². The van der Waals surface area contributed by atoms with Gasteiger partial charge in [-0.2, -0.15) is 0 Å². The Morgan fingerprint density at radius 1 is 0.929 bits per heavy atom. The average molecular weight is 379 g/mol. The normalized spacial score (nSPS) is 18.9. The van der Waals surface area contributed by atoms with Gasteiger partial charge in [-0.05, 0) is 49.6 Å². The van der Waals surface area contributed by atoms with E-state index < -0.39 is 17.8 Å². The lowest BCUT2D eigenvalue weighted by molar-refractivity contribution is -0.313. The summed E-state index contributed by atoms with van der Waals surface area (Å²) < 4.78 is 0. The number of aryl methyl sites for hydroxylation is 1. The number of anilines is 2. The van der Waals surface area contributed by atoms with E-state index in [1.165, 1.54) is 0 Å². The first-order valence-electron chi connectivity index (χ1n) is 9.44. The van der Waals surface area contributed by atoms with Gasteiger partial charge in [0.05, 0.1) is 0 Å². The van der Waals surface area contributed by atoms with Crippen LogP contribution in [0.1, 0.15) is 41.6 Å². The van der Waals surface area contributed by atoms with Crippen molar-refractivity contribution < 1.29 is 19.5 Å². The lowest BCUT2D eigenvalue weighted by Gasteiger charge is -2.31. The zero-order valence-corrected chi connectivity index (χ0v) is 15.7. The molecule has 2 aromatic rings. The summed E-state index contributed by atoms with van der Waals surface area (Å²) in [6, 6.07) is 14.1. The number of rotatable bonds is 5. The van der Waals surface area contributed by atoms with Crippen LogP contribution in [0.3, 0.4) is 0 Å². The minimum Gasteiger partial charge on any atom is -0.550 e. The van der Waals surface area contributed by atoms with E-state index in [1.54, 1.807) is 24.3 Å². The highest BCUT2D eigenvalue weighted by Crippen LogP contribution is 2.31. The Bertz CT molecular complexity index is 894. The summed E-state index contributed by atoms with van der Waals surface area (Å²) >= 11 is 0. The van der Waals surface area contributed by atoms with Gasteiger partial charge in [0.15, 0.2) is 0 Å². The number of amides is 2. The Balaban J connectivity index is 1.70. The number of nitrogens with one attached hydrogen (secondary N) is 2. The average Bonchev–Trinajstić information content (AvgIpc) is 2.70. The fourth-order valence-corrected chi connectivity index (χ4v) is 3.61. The lowest BCUT2D eigenvalue weighted by atomic mass is 9.78. The fraction of sp³-hybridized carbons (Fsp3) is 0.318. The number of aliphatic carboxylic acids is 1. The summed E-state index contributed by atoms with van der Waals surface area (Å²) in [5.41, 5.74) is 2.54. The molecule has 0 aliphatic heterocycles. The number of benzene rings is 2. The molecular formula is C22H23N2O4-. The number of hydrogen-bond donors (Lipinski definition) is 2. The molecule has 1 fully saturated rings. The standard InChI is InChI=1S/C22H24N2O4/c1-14-7-2-5-12-19(14)24-20(25)15-8-6-9-16(13-15)23-21(26)17-10-3-4-11-18(17)22(27)28/h2,5-9,12-13,17-18H,3-4,10-11H2,1H3,(H,23,26)(H,24,25)(H,27,28)/p-1/t17-,18-/m0/s1. The SMILES string of the molecule is Cc1ccccc1NC(=O)c1cccc(NC(=O)[C@H]2CCCC[C@@H]2C(=O)[O-])c1. The van der Waals surface area contributed by atoms with Gasteiger partial charge in [0.25, 0.3) is 5.91 Å². The minimum absolute atomic E-state index is 0.282.